The highest BCUT2D eigenvalue weighted by molar-refractivity contribution is 7.13. The van der Waals surface area contributed by atoms with E-state index >= 15 is 0 Å². The minimum atomic E-state index is -0.480. The lowest BCUT2D eigenvalue weighted by Crippen LogP contribution is -2.39. The van der Waals surface area contributed by atoms with Crippen molar-refractivity contribution in [1.82, 2.24) is 15.1 Å². The minimum absolute atomic E-state index is 0.0121. The number of nitro benzene ring substituents is 1. The van der Waals surface area contributed by atoms with Crippen LogP contribution in [0.25, 0.3) is 10.8 Å². The average molecular weight is 384 g/mol. The Morgan fingerprint density at radius 1 is 1.26 bits per heavy atom. The highest BCUT2D eigenvalue weighted by Crippen LogP contribution is 2.30. The smallest absolute Gasteiger partial charge is 0.269 e. The molecule has 8 nitrogen and oxygen atoms in total. The van der Waals surface area contributed by atoms with Gasteiger partial charge in [-0.25, -0.2) is 0 Å². The largest absolute Gasteiger partial charge is 0.420 e. The van der Waals surface area contributed by atoms with Crippen LogP contribution in [0.4, 0.5) is 5.69 Å². The first-order valence-corrected chi connectivity index (χ1v) is 9.41. The fourth-order valence-electron chi connectivity index (χ4n) is 3.17. The van der Waals surface area contributed by atoms with Crippen molar-refractivity contribution >= 4 is 22.9 Å². The molecule has 0 bridgehead atoms. The predicted molar refractivity (Wildman–Crippen MR) is 98.6 cm³/mol. The van der Waals surface area contributed by atoms with Gasteiger partial charge in [-0.15, -0.1) is 21.5 Å². The molecule has 1 amide bonds. The lowest BCUT2D eigenvalue weighted by molar-refractivity contribution is -0.384. The van der Waals surface area contributed by atoms with Crippen LogP contribution in [0.1, 0.15) is 35.0 Å². The number of non-ortho nitro benzene ring substituents is 1. The zero-order valence-electron chi connectivity index (χ0n) is 14.3. The normalized spacial score (nSPS) is 17.0. The summed E-state index contributed by atoms with van der Waals surface area (Å²) in [7, 11) is 0. The van der Waals surface area contributed by atoms with Gasteiger partial charge in [0.15, 0.2) is 0 Å². The minimum Gasteiger partial charge on any atom is -0.420 e. The molecular weight excluding hydrogens is 368 g/mol. The SMILES string of the molecule is O=C(c1ccc([N+](=O)[O-])cc1)N1CCCC(c2nnc(-c3cccs3)o2)C1. The van der Waals surface area contributed by atoms with Crippen molar-refractivity contribution in [2.24, 2.45) is 0 Å². The van der Waals surface area contributed by atoms with Crippen LogP contribution in [-0.4, -0.2) is 39.0 Å². The summed E-state index contributed by atoms with van der Waals surface area (Å²) in [6.07, 6.45) is 1.70. The molecule has 1 unspecified atom stereocenters. The fraction of sp³-hybridized carbons (Fsp3) is 0.278. The van der Waals surface area contributed by atoms with Crippen molar-refractivity contribution in [3.63, 3.8) is 0 Å². The van der Waals surface area contributed by atoms with Crippen molar-refractivity contribution in [3.8, 4) is 10.8 Å². The quantitative estimate of drug-likeness (QED) is 0.502. The molecule has 0 radical (unpaired) electrons. The number of nitro groups is 1. The second kappa shape index (κ2) is 7.28. The maximum Gasteiger partial charge on any atom is 0.269 e. The van der Waals surface area contributed by atoms with Crippen molar-refractivity contribution in [1.29, 1.82) is 0 Å². The van der Waals surface area contributed by atoms with E-state index in [1.165, 1.54) is 35.6 Å². The lowest BCUT2D eigenvalue weighted by Gasteiger charge is -2.31. The highest BCUT2D eigenvalue weighted by atomic mass is 32.1. The Hall–Kier alpha value is -3.07. The van der Waals surface area contributed by atoms with Crippen molar-refractivity contribution in [2.75, 3.05) is 13.1 Å². The number of piperidine rings is 1. The maximum absolute atomic E-state index is 12.7. The zero-order valence-corrected chi connectivity index (χ0v) is 15.1. The van der Waals surface area contributed by atoms with Gasteiger partial charge in [0.1, 0.15) is 0 Å². The molecule has 27 heavy (non-hydrogen) atoms. The number of hydrogen-bond acceptors (Lipinski definition) is 7. The standard InChI is InChI=1S/C18H16N4O4S/c23-18(12-5-7-14(8-6-12)22(24)25)21-9-1-3-13(11-21)16-19-20-17(26-16)15-4-2-10-27-15/h2,4-8,10,13H,1,3,9,11H2. The van der Waals surface area contributed by atoms with E-state index in [2.05, 4.69) is 10.2 Å². The molecule has 1 aliphatic rings. The first kappa shape index (κ1) is 17.3. The number of carbonyl (C=O) groups excluding carboxylic acids is 1. The maximum atomic E-state index is 12.7. The van der Waals surface area contributed by atoms with Crippen LogP contribution in [0.5, 0.6) is 0 Å². The summed E-state index contributed by atoms with van der Waals surface area (Å²) in [5.74, 6) is 0.882. The Morgan fingerprint density at radius 2 is 2.07 bits per heavy atom. The van der Waals surface area contributed by atoms with E-state index < -0.39 is 4.92 Å². The van der Waals surface area contributed by atoms with Crippen LogP contribution in [0.15, 0.2) is 46.2 Å². The summed E-state index contributed by atoms with van der Waals surface area (Å²) in [5, 5.41) is 21.0. The zero-order chi connectivity index (χ0) is 18.8. The molecule has 138 valence electrons. The molecule has 1 atom stereocenters. The number of aromatic nitrogens is 2. The van der Waals surface area contributed by atoms with E-state index in [4.69, 9.17) is 4.42 Å². The lowest BCUT2D eigenvalue weighted by atomic mass is 9.97. The van der Waals surface area contributed by atoms with Crippen LogP contribution in [0, 0.1) is 10.1 Å². The summed E-state index contributed by atoms with van der Waals surface area (Å²) >= 11 is 1.53. The van der Waals surface area contributed by atoms with Crippen LogP contribution in [0.2, 0.25) is 0 Å². The molecule has 1 saturated heterocycles. The Kier molecular flexibility index (Phi) is 4.68. The van der Waals surface area contributed by atoms with Gasteiger partial charge in [-0.1, -0.05) is 6.07 Å². The molecule has 3 heterocycles. The van der Waals surface area contributed by atoms with Crippen molar-refractivity contribution in [3.05, 3.63) is 63.3 Å². The highest BCUT2D eigenvalue weighted by Gasteiger charge is 2.29. The number of nitrogens with zero attached hydrogens (tertiary/aromatic N) is 4. The first-order chi connectivity index (χ1) is 13.1. The number of likely N-dealkylation sites (tertiary alicyclic amines) is 1. The Morgan fingerprint density at radius 3 is 2.78 bits per heavy atom. The molecular formula is C18H16N4O4S. The molecule has 0 spiro atoms. The second-order valence-electron chi connectivity index (χ2n) is 6.32. The topological polar surface area (TPSA) is 102 Å². The Bertz CT molecular complexity index is 952. The summed E-state index contributed by atoms with van der Waals surface area (Å²) in [4.78, 5) is 25.7. The van der Waals surface area contributed by atoms with E-state index in [1.54, 1.807) is 4.90 Å². The van der Waals surface area contributed by atoms with Gasteiger partial charge >= 0.3 is 0 Å². The van der Waals surface area contributed by atoms with Crippen LogP contribution < -0.4 is 0 Å². The molecule has 0 N–H and O–H groups in total. The van der Waals surface area contributed by atoms with Crippen LogP contribution >= 0.6 is 11.3 Å². The van der Waals surface area contributed by atoms with Gasteiger partial charge in [0, 0.05) is 30.8 Å². The molecule has 3 aromatic rings. The number of thiophene rings is 1. The molecule has 1 fully saturated rings. The number of hydrogen-bond donors (Lipinski definition) is 0. The van der Waals surface area contributed by atoms with Gasteiger partial charge < -0.3 is 9.32 Å². The van der Waals surface area contributed by atoms with E-state index in [0.29, 0.717) is 30.4 Å². The molecule has 1 aliphatic heterocycles. The summed E-state index contributed by atoms with van der Waals surface area (Å²) < 4.78 is 5.82. The predicted octanol–water partition coefficient (Wildman–Crippen LogP) is 3.73. The molecule has 0 aliphatic carbocycles. The average Bonchev–Trinajstić information content (AvgIpc) is 3.39. The summed E-state index contributed by atoms with van der Waals surface area (Å²) in [5.41, 5.74) is 0.404. The molecule has 0 saturated carbocycles. The summed E-state index contributed by atoms with van der Waals surface area (Å²) in [6, 6.07) is 9.53. The molecule has 2 aromatic heterocycles. The van der Waals surface area contributed by atoms with Crippen molar-refractivity contribution in [2.45, 2.75) is 18.8 Å². The fourth-order valence-corrected chi connectivity index (χ4v) is 3.82. The van der Waals surface area contributed by atoms with Gasteiger partial charge in [0.2, 0.25) is 5.89 Å². The number of benzene rings is 1. The third-order valence-electron chi connectivity index (χ3n) is 4.56. The number of carbonyl (C=O) groups is 1. The van der Waals surface area contributed by atoms with Crippen molar-refractivity contribution < 1.29 is 14.1 Å². The third kappa shape index (κ3) is 3.59. The number of amides is 1. The van der Waals surface area contributed by atoms with E-state index in [9.17, 15) is 14.9 Å². The van der Waals surface area contributed by atoms with Crippen LogP contribution in [-0.2, 0) is 0 Å². The molecule has 4 rings (SSSR count). The van der Waals surface area contributed by atoms with E-state index in [0.717, 1.165) is 17.7 Å². The second-order valence-corrected chi connectivity index (χ2v) is 7.26. The van der Waals surface area contributed by atoms with Gasteiger partial charge in [0.25, 0.3) is 17.5 Å². The van der Waals surface area contributed by atoms with Gasteiger partial charge in [-0.05, 0) is 36.4 Å². The number of rotatable bonds is 4. The van der Waals surface area contributed by atoms with Crippen LogP contribution in [0.3, 0.4) is 0 Å². The van der Waals surface area contributed by atoms with Gasteiger partial charge in [0.05, 0.1) is 15.7 Å². The first-order valence-electron chi connectivity index (χ1n) is 8.53. The van der Waals surface area contributed by atoms with Gasteiger partial charge in [-0.2, -0.15) is 0 Å². The monoisotopic (exact) mass is 384 g/mol. The van der Waals surface area contributed by atoms with Gasteiger partial charge in [-0.3, -0.25) is 14.9 Å². The molecule has 9 heteroatoms. The third-order valence-corrected chi connectivity index (χ3v) is 5.41. The van der Waals surface area contributed by atoms with E-state index in [1.807, 2.05) is 17.5 Å². The Balaban J connectivity index is 1.47. The molecule has 1 aromatic carbocycles. The van der Waals surface area contributed by atoms with E-state index in [-0.39, 0.29) is 17.5 Å². The Labute approximate surface area is 158 Å². The summed E-state index contributed by atoms with van der Waals surface area (Å²) in [6.45, 7) is 1.13.